The zero-order valence-corrected chi connectivity index (χ0v) is 12.6. The van der Waals surface area contributed by atoms with E-state index in [0.29, 0.717) is 24.7 Å². The lowest BCUT2D eigenvalue weighted by Gasteiger charge is -2.19. The second kappa shape index (κ2) is 7.75. The van der Waals surface area contributed by atoms with Gasteiger partial charge in [-0.2, -0.15) is 0 Å². The molecule has 0 bridgehead atoms. The summed E-state index contributed by atoms with van der Waals surface area (Å²) in [6, 6.07) is 5.37. The fourth-order valence-electron chi connectivity index (χ4n) is 1.99. The van der Waals surface area contributed by atoms with E-state index < -0.39 is 0 Å². The third-order valence-corrected chi connectivity index (χ3v) is 3.03. The van der Waals surface area contributed by atoms with Crippen LogP contribution in [-0.4, -0.2) is 25.7 Å². The fraction of sp³-hybridized carbons (Fsp3) is 0.533. The Morgan fingerprint density at radius 2 is 2.05 bits per heavy atom. The number of primary amides is 1. The molecule has 112 valence electrons. The maximum atomic E-state index is 11.3. The summed E-state index contributed by atoms with van der Waals surface area (Å²) in [5, 5.41) is 3.17. The number of hydrogen-bond donors (Lipinski definition) is 2. The number of methoxy groups -OCH3 is 1. The Labute approximate surface area is 120 Å². The van der Waals surface area contributed by atoms with Crippen molar-refractivity contribution in [3.8, 4) is 11.5 Å². The van der Waals surface area contributed by atoms with Crippen LogP contribution in [0.4, 0.5) is 0 Å². The van der Waals surface area contributed by atoms with E-state index in [4.69, 9.17) is 15.2 Å². The van der Waals surface area contributed by atoms with Crippen LogP contribution in [0.2, 0.25) is 0 Å². The highest BCUT2D eigenvalue weighted by Crippen LogP contribution is 2.28. The summed E-state index contributed by atoms with van der Waals surface area (Å²) in [7, 11) is 1.61. The Hall–Kier alpha value is -1.75. The smallest absolute Gasteiger partial charge is 0.234 e. The zero-order valence-electron chi connectivity index (χ0n) is 12.6. The number of carbonyl (C=O) groups is 1. The van der Waals surface area contributed by atoms with Crippen LogP contribution in [0.25, 0.3) is 0 Å². The Morgan fingerprint density at radius 1 is 1.35 bits per heavy atom. The van der Waals surface area contributed by atoms with Crippen LogP contribution in [0.5, 0.6) is 11.5 Å². The molecule has 0 saturated carbocycles. The van der Waals surface area contributed by atoms with E-state index in [-0.39, 0.29) is 17.9 Å². The SMILES string of the molecule is CCOc1cc(CNC(C(N)=O)C(C)C)ccc1OC. The van der Waals surface area contributed by atoms with Gasteiger partial charge in [0, 0.05) is 6.54 Å². The third kappa shape index (κ3) is 4.42. The van der Waals surface area contributed by atoms with Crippen molar-refractivity contribution in [1.82, 2.24) is 5.32 Å². The van der Waals surface area contributed by atoms with Crippen molar-refractivity contribution in [3.05, 3.63) is 23.8 Å². The number of benzene rings is 1. The van der Waals surface area contributed by atoms with Crippen LogP contribution in [0, 0.1) is 5.92 Å². The van der Waals surface area contributed by atoms with E-state index >= 15 is 0 Å². The van der Waals surface area contributed by atoms with Crippen molar-refractivity contribution < 1.29 is 14.3 Å². The van der Waals surface area contributed by atoms with Gasteiger partial charge in [-0.25, -0.2) is 0 Å². The molecule has 0 aliphatic rings. The quantitative estimate of drug-likeness (QED) is 0.760. The Kier molecular flexibility index (Phi) is 6.31. The fourth-order valence-corrected chi connectivity index (χ4v) is 1.99. The number of ether oxygens (including phenoxy) is 2. The first-order valence-corrected chi connectivity index (χ1v) is 6.82. The lowest BCUT2D eigenvalue weighted by atomic mass is 10.0. The molecule has 0 fully saturated rings. The van der Waals surface area contributed by atoms with E-state index in [2.05, 4.69) is 5.32 Å². The molecule has 1 aromatic carbocycles. The average molecular weight is 280 g/mol. The molecule has 1 atom stereocenters. The minimum atomic E-state index is -0.340. The number of hydrogen-bond acceptors (Lipinski definition) is 4. The molecule has 0 radical (unpaired) electrons. The first kappa shape index (κ1) is 16.3. The van der Waals surface area contributed by atoms with Crippen molar-refractivity contribution in [2.75, 3.05) is 13.7 Å². The molecular formula is C15H24N2O3. The van der Waals surface area contributed by atoms with Crippen molar-refractivity contribution in [2.24, 2.45) is 11.7 Å². The summed E-state index contributed by atoms with van der Waals surface area (Å²) < 4.78 is 10.8. The molecule has 0 aliphatic heterocycles. The van der Waals surface area contributed by atoms with Crippen molar-refractivity contribution in [1.29, 1.82) is 0 Å². The zero-order chi connectivity index (χ0) is 15.1. The summed E-state index contributed by atoms with van der Waals surface area (Å²) in [5.74, 6) is 1.22. The highest BCUT2D eigenvalue weighted by atomic mass is 16.5. The van der Waals surface area contributed by atoms with E-state index in [1.54, 1.807) is 7.11 Å². The second-order valence-electron chi connectivity index (χ2n) is 4.92. The molecule has 1 rings (SSSR count). The van der Waals surface area contributed by atoms with E-state index in [1.165, 1.54) is 0 Å². The minimum absolute atomic E-state index is 0.150. The van der Waals surface area contributed by atoms with Crippen LogP contribution in [-0.2, 0) is 11.3 Å². The predicted octanol–water partition coefficient (Wildman–Crippen LogP) is 1.69. The van der Waals surface area contributed by atoms with Gasteiger partial charge in [0.05, 0.1) is 19.8 Å². The van der Waals surface area contributed by atoms with Crippen molar-refractivity contribution in [2.45, 2.75) is 33.4 Å². The van der Waals surface area contributed by atoms with Crippen molar-refractivity contribution >= 4 is 5.91 Å². The summed E-state index contributed by atoms with van der Waals surface area (Å²) in [6.07, 6.45) is 0. The van der Waals surface area contributed by atoms with Gasteiger partial charge in [-0.05, 0) is 30.5 Å². The normalized spacial score (nSPS) is 12.2. The van der Waals surface area contributed by atoms with Crippen LogP contribution in [0.15, 0.2) is 18.2 Å². The lowest BCUT2D eigenvalue weighted by Crippen LogP contribution is -2.44. The van der Waals surface area contributed by atoms with E-state index in [0.717, 1.165) is 5.56 Å². The van der Waals surface area contributed by atoms with Crippen LogP contribution in [0.1, 0.15) is 26.3 Å². The number of carbonyl (C=O) groups excluding carboxylic acids is 1. The molecule has 20 heavy (non-hydrogen) atoms. The minimum Gasteiger partial charge on any atom is -0.493 e. The van der Waals surface area contributed by atoms with Crippen LogP contribution in [0.3, 0.4) is 0 Å². The van der Waals surface area contributed by atoms with Gasteiger partial charge in [0.25, 0.3) is 0 Å². The van der Waals surface area contributed by atoms with Gasteiger partial charge >= 0.3 is 0 Å². The maximum absolute atomic E-state index is 11.3. The Bertz CT molecular complexity index is 447. The Balaban J connectivity index is 2.77. The lowest BCUT2D eigenvalue weighted by molar-refractivity contribution is -0.121. The second-order valence-corrected chi connectivity index (χ2v) is 4.92. The summed E-state index contributed by atoms with van der Waals surface area (Å²) in [4.78, 5) is 11.3. The molecule has 1 unspecified atom stereocenters. The Morgan fingerprint density at radius 3 is 2.55 bits per heavy atom. The molecule has 0 aromatic heterocycles. The van der Waals surface area contributed by atoms with Crippen LogP contribution < -0.4 is 20.5 Å². The molecule has 0 aliphatic carbocycles. The molecule has 1 aromatic rings. The average Bonchev–Trinajstić information content (AvgIpc) is 2.39. The van der Waals surface area contributed by atoms with E-state index in [1.807, 2.05) is 39.0 Å². The molecule has 0 saturated heterocycles. The summed E-state index contributed by atoms with van der Waals surface area (Å²) >= 11 is 0. The molecule has 3 N–H and O–H groups in total. The van der Waals surface area contributed by atoms with Gasteiger partial charge < -0.3 is 20.5 Å². The van der Waals surface area contributed by atoms with Gasteiger partial charge in [-0.1, -0.05) is 19.9 Å². The first-order chi connectivity index (χ1) is 9.49. The van der Waals surface area contributed by atoms with Gasteiger partial charge in [0.2, 0.25) is 5.91 Å². The number of nitrogens with two attached hydrogens (primary N) is 1. The molecule has 0 heterocycles. The predicted molar refractivity (Wildman–Crippen MR) is 78.8 cm³/mol. The number of nitrogens with one attached hydrogen (secondary N) is 1. The van der Waals surface area contributed by atoms with Gasteiger partial charge in [-0.3, -0.25) is 4.79 Å². The van der Waals surface area contributed by atoms with Gasteiger partial charge in [-0.15, -0.1) is 0 Å². The number of rotatable bonds is 8. The van der Waals surface area contributed by atoms with E-state index in [9.17, 15) is 4.79 Å². The maximum Gasteiger partial charge on any atom is 0.234 e. The standard InChI is InChI=1S/C15H24N2O3/c1-5-20-13-8-11(6-7-12(13)19-4)9-17-14(10(2)3)15(16)18/h6-8,10,14,17H,5,9H2,1-4H3,(H2,16,18). The molecule has 1 amide bonds. The third-order valence-electron chi connectivity index (χ3n) is 3.03. The molecule has 5 nitrogen and oxygen atoms in total. The molecule has 5 heteroatoms. The number of amides is 1. The highest BCUT2D eigenvalue weighted by molar-refractivity contribution is 5.80. The van der Waals surface area contributed by atoms with Gasteiger partial charge in [0.1, 0.15) is 0 Å². The monoisotopic (exact) mass is 280 g/mol. The first-order valence-electron chi connectivity index (χ1n) is 6.82. The summed E-state index contributed by atoms with van der Waals surface area (Å²) in [5.41, 5.74) is 6.39. The summed E-state index contributed by atoms with van der Waals surface area (Å²) in [6.45, 7) is 6.97. The largest absolute Gasteiger partial charge is 0.493 e. The molecular weight excluding hydrogens is 256 g/mol. The van der Waals surface area contributed by atoms with Crippen molar-refractivity contribution in [3.63, 3.8) is 0 Å². The van der Waals surface area contributed by atoms with Crippen LogP contribution >= 0.6 is 0 Å². The van der Waals surface area contributed by atoms with Gasteiger partial charge in [0.15, 0.2) is 11.5 Å². The molecule has 0 spiro atoms. The topological polar surface area (TPSA) is 73.6 Å². The highest BCUT2D eigenvalue weighted by Gasteiger charge is 2.18.